The summed E-state index contributed by atoms with van der Waals surface area (Å²) in [7, 11) is 0. The van der Waals surface area contributed by atoms with Crippen LogP contribution in [-0.2, 0) is 4.79 Å². The fourth-order valence-corrected chi connectivity index (χ4v) is 3.22. The fourth-order valence-electron chi connectivity index (χ4n) is 3.22. The molecule has 4 N–H and O–H groups in total. The van der Waals surface area contributed by atoms with E-state index >= 15 is 0 Å². The number of hydrogen-bond donors (Lipinski definition) is 4. The van der Waals surface area contributed by atoms with Crippen molar-refractivity contribution in [2.45, 2.75) is 64.0 Å². The summed E-state index contributed by atoms with van der Waals surface area (Å²) < 4.78 is 0. The van der Waals surface area contributed by atoms with Crippen LogP contribution in [0.5, 0.6) is 0 Å². The molecule has 134 valence electrons. The molecule has 1 aliphatic heterocycles. The van der Waals surface area contributed by atoms with Gasteiger partial charge in [-0.1, -0.05) is 19.3 Å². The van der Waals surface area contributed by atoms with E-state index in [-0.39, 0.29) is 42.0 Å². The second kappa shape index (κ2) is 11.1. The molecule has 0 spiro atoms. The Hall–Kier alpha value is -0.570. The molecule has 2 fully saturated rings. The molecule has 0 aromatic heterocycles. The van der Waals surface area contributed by atoms with Crippen molar-refractivity contribution in [1.82, 2.24) is 16.0 Å². The van der Waals surface area contributed by atoms with Crippen molar-refractivity contribution in [1.29, 1.82) is 0 Å². The van der Waals surface area contributed by atoms with Gasteiger partial charge < -0.3 is 21.1 Å². The summed E-state index contributed by atoms with van der Waals surface area (Å²) >= 11 is 0. The van der Waals surface area contributed by atoms with Crippen molar-refractivity contribution in [2.24, 2.45) is 10.9 Å². The number of carbonyl (C=O) groups is 1. The second-order valence-corrected chi connectivity index (χ2v) is 6.37. The lowest BCUT2D eigenvalue weighted by molar-refractivity contribution is -0.122. The minimum atomic E-state index is -0.346. The van der Waals surface area contributed by atoms with Crippen molar-refractivity contribution < 1.29 is 9.90 Å². The van der Waals surface area contributed by atoms with E-state index in [9.17, 15) is 9.90 Å². The number of nitrogens with zero attached hydrogens (tertiary/aromatic N) is 1. The summed E-state index contributed by atoms with van der Waals surface area (Å²) in [6.07, 6.45) is 7.02. The van der Waals surface area contributed by atoms with E-state index in [2.05, 4.69) is 20.9 Å². The van der Waals surface area contributed by atoms with Crippen LogP contribution in [0.2, 0.25) is 0 Å². The van der Waals surface area contributed by atoms with E-state index < -0.39 is 0 Å². The first-order valence-corrected chi connectivity index (χ1v) is 8.68. The third kappa shape index (κ3) is 7.24. The maximum atomic E-state index is 11.2. The molecule has 0 aromatic carbocycles. The molecule has 0 aromatic rings. The second-order valence-electron chi connectivity index (χ2n) is 6.37. The van der Waals surface area contributed by atoms with Gasteiger partial charge >= 0.3 is 0 Å². The molecular weight excluding hydrogens is 407 g/mol. The largest absolute Gasteiger partial charge is 0.391 e. The number of rotatable bonds is 5. The first kappa shape index (κ1) is 20.5. The van der Waals surface area contributed by atoms with Gasteiger partial charge in [-0.3, -0.25) is 9.79 Å². The highest BCUT2D eigenvalue weighted by atomic mass is 127. The molecule has 23 heavy (non-hydrogen) atoms. The van der Waals surface area contributed by atoms with Crippen LogP contribution >= 0.6 is 24.0 Å². The molecule has 0 radical (unpaired) electrons. The van der Waals surface area contributed by atoms with E-state index in [4.69, 9.17) is 0 Å². The summed E-state index contributed by atoms with van der Waals surface area (Å²) in [5, 5.41) is 19.7. The normalized spacial score (nSPS) is 24.3. The van der Waals surface area contributed by atoms with Gasteiger partial charge in [-0.15, -0.1) is 24.0 Å². The monoisotopic (exact) mass is 438 g/mol. The van der Waals surface area contributed by atoms with Crippen LogP contribution in [0.25, 0.3) is 0 Å². The first-order valence-electron chi connectivity index (χ1n) is 8.68. The van der Waals surface area contributed by atoms with Crippen LogP contribution in [0.15, 0.2) is 4.99 Å². The lowest BCUT2D eigenvalue weighted by atomic mass is 9.85. The van der Waals surface area contributed by atoms with Gasteiger partial charge in [0.1, 0.15) is 0 Å². The third-order valence-corrected chi connectivity index (χ3v) is 4.58. The van der Waals surface area contributed by atoms with Crippen molar-refractivity contribution in [2.75, 3.05) is 19.6 Å². The number of nitrogens with one attached hydrogen (secondary N) is 3. The van der Waals surface area contributed by atoms with Crippen LogP contribution in [-0.4, -0.2) is 48.8 Å². The first-order chi connectivity index (χ1) is 10.7. The van der Waals surface area contributed by atoms with Gasteiger partial charge in [0.05, 0.1) is 12.6 Å². The molecule has 7 heteroatoms. The summed E-state index contributed by atoms with van der Waals surface area (Å²) in [5.74, 6) is 1.25. The van der Waals surface area contributed by atoms with Crippen molar-refractivity contribution >= 4 is 35.8 Å². The lowest BCUT2D eigenvalue weighted by Gasteiger charge is -2.27. The molecule has 1 saturated heterocycles. The summed E-state index contributed by atoms with van der Waals surface area (Å²) in [6.45, 7) is 3.88. The van der Waals surface area contributed by atoms with E-state index in [0.29, 0.717) is 25.4 Å². The van der Waals surface area contributed by atoms with Gasteiger partial charge in [-0.05, 0) is 32.1 Å². The molecule has 2 unspecified atom stereocenters. The SMILES string of the molecule is CCNC(=NCC(O)C1CCCCC1)NC1CCC(=O)NC1.I. The minimum absolute atomic E-state index is 0. The zero-order valence-corrected chi connectivity index (χ0v) is 16.3. The predicted octanol–water partition coefficient (Wildman–Crippen LogP) is 1.38. The number of halogens is 1. The van der Waals surface area contributed by atoms with Crippen molar-refractivity contribution in [3.8, 4) is 0 Å². The van der Waals surface area contributed by atoms with Crippen molar-refractivity contribution in [3.05, 3.63) is 0 Å². The standard InChI is InChI=1S/C16H30N4O2.HI/c1-2-17-16(20-13-8-9-15(22)18-10-13)19-11-14(21)12-6-4-3-5-7-12;/h12-14,21H,2-11H2,1H3,(H,18,22)(H2,17,19,20);1H. The van der Waals surface area contributed by atoms with E-state index in [1.54, 1.807) is 0 Å². The summed E-state index contributed by atoms with van der Waals surface area (Å²) in [4.78, 5) is 15.7. The van der Waals surface area contributed by atoms with E-state index in [1.807, 2.05) is 6.92 Å². The Bertz CT molecular complexity index is 376. The lowest BCUT2D eigenvalue weighted by Crippen LogP contribution is -2.51. The number of aliphatic hydroxyl groups is 1. The molecule has 1 saturated carbocycles. The Kier molecular flexibility index (Phi) is 9.85. The molecular formula is C16H31IN4O2. The topological polar surface area (TPSA) is 85.8 Å². The molecule has 2 rings (SSSR count). The van der Waals surface area contributed by atoms with Gasteiger partial charge in [-0.25, -0.2) is 0 Å². The van der Waals surface area contributed by atoms with E-state index in [0.717, 1.165) is 31.8 Å². The van der Waals surface area contributed by atoms with E-state index in [1.165, 1.54) is 19.3 Å². The molecule has 2 aliphatic rings. The highest BCUT2D eigenvalue weighted by Crippen LogP contribution is 2.26. The number of amides is 1. The quantitative estimate of drug-likeness (QED) is 0.297. The minimum Gasteiger partial charge on any atom is -0.391 e. The van der Waals surface area contributed by atoms with Crippen LogP contribution in [0.4, 0.5) is 0 Å². The van der Waals surface area contributed by atoms with Gasteiger partial charge in [0.25, 0.3) is 0 Å². The number of carbonyl (C=O) groups excluding carboxylic acids is 1. The molecule has 2 atom stereocenters. The van der Waals surface area contributed by atoms with Gasteiger partial charge in [0, 0.05) is 25.6 Å². The van der Waals surface area contributed by atoms with Gasteiger partial charge in [-0.2, -0.15) is 0 Å². The average molecular weight is 438 g/mol. The Morgan fingerprint density at radius 3 is 2.70 bits per heavy atom. The number of piperidine rings is 1. The predicted molar refractivity (Wildman–Crippen MR) is 103 cm³/mol. The zero-order chi connectivity index (χ0) is 15.8. The molecule has 1 amide bonds. The van der Waals surface area contributed by atoms with Gasteiger partial charge in [0.15, 0.2) is 5.96 Å². The average Bonchev–Trinajstić information content (AvgIpc) is 2.55. The molecule has 0 bridgehead atoms. The Morgan fingerprint density at radius 2 is 2.09 bits per heavy atom. The third-order valence-electron chi connectivity index (χ3n) is 4.58. The van der Waals surface area contributed by atoms with Crippen LogP contribution < -0.4 is 16.0 Å². The Labute approximate surface area is 156 Å². The maximum absolute atomic E-state index is 11.2. The van der Waals surface area contributed by atoms with Gasteiger partial charge in [0.2, 0.25) is 5.91 Å². The number of guanidine groups is 1. The summed E-state index contributed by atoms with van der Waals surface area (Å²) in [6, 6.07) is 0.210. The Balaban J connectivity index is 0.00000264. The number of aliphatic hydroxyl groups excluding tert-OH is 1. The maximum Gasteiger partial charge on any atom is 0.220 e. The highest BCUT2D eigenvalue weighted by Gasteiger charge is 2.22. The zero-order valence-electron chi connectivity index (χ0n) is 14.0. The van der Waals surface area contributed by atoms with Crippen molar-refractivity contribution in [3.63, 3.8) is 0 Å². The fraction of sp³-hybridized carbons (Fsp3) is 0.875. The van der Waals surface area contributed by atoms with Crippen LogP contribution in [0, 0.1) is 5.92 Å². The van der Waals surface area contributed by atoms with Crippen LogP contribution in [0.1, 0.15) is 51.9 Å². The highest BCUT2D eigenvalue weighted by molar-refractivity contribution is 14.0. The summed E-state index contributed by atoms with van der Waals surface area (Å²) in [5.41, 5.74) is 0. The van der Waals surface area contributed by atoms with Crippen LogP contribution in [0.3, 0.4) is 0 Å². The Morgan fingerprint density at radius 1 is 1.35 bits per heavy atom. The molecule has 1 heterocycles. The smallest absolute Gasteiger partial charge is 0.220 e. The molecule has 1 aliphatic carbocycles. The molecule has 6 nitrogen and oxygen atoms in total. The number of hydrogen-bond acceptors (Lipinski definition) is 3. The number of aliphatic imine (C=N–C) groups is 1.